The monoisotopic (exact) mass is 285 g/mol. The molecule has 0 fully saturated rings. The molecule has 0 saturated carbocycles. The van der Waals surface area contributed by atoms with Gasteiger partial charge in [-0.25, -0.2) is 9.97 Å². The number of nitrogens with zero attached hydrogens (tertiary/aromatic N) is 4. The van der Waals surface area contributed by atoms with Gasteiger partial charge in [0.15, 0.2) is 0 Å². The second-order valence-corrected chi connectivity index (χ2v) is 5.13. The van der Waals surface area contributed by atoms with Crippen LogP contribution in [0.15, 0.2) is 29.0 Å². The van der Waals surface area contributed by atoms with Crippen LogP contribution in [-0.4, -0.2) is 27.2 Å². The van der Waals surface area contributed by atoms with Crippen molar-refractivity contribution in [3.63, 3.8) is 0 Å². The van der Waals surface area contributed by atoms with Crippen LogP contribution in [0.25, 0.3) is 22.4 Å². The minimum absolute atomic E-state index is 0.411. The lowest BCUT2D eigenvalue weighted by Gasteiger charge is -2.17. The third kappa shape index (κ3) is 2.31. The Labute approximate surface area is 121 Å². The van der Waals surface area contributed by atoms with Gasteiger partial charge in [0, 0.05) is 18.1 Å². The van der Waals surface area contributed by atoms with Crippen LogP contribution in [0.3, 0.4) is 0 Å². The van der Waals surface area contributed by atoms with Gasteiger partial charge in [0.1, 0.15) is 17.7 Å². The highest BCUT2D eigenvalue weighted by Gasteiger charge is 2.26. The van der Waals surface area contributed by atoms with Crippen molar-refractivity contribution in [3.05, 3.63) is 30.4 Å². The van der Waals surface area contributed by atoms with Crippen LogP contribution >= 0.6 is 0 Å². The molecular formula is C14H15N5O2. The van der Waals surface area contributed by atoms with E-state index in [-0.39, 0.29) is 0 Å². The largest absolute Gasteiger partial charge is 0.383 e. The number of aromatic nitrogens is 4. The zero-order chi connectivity index (χ0) is 15.0. The van der Waals surface area contributed by atoms with Crippen LogP contribution in [0.4, 0.5) is 5.82 Å². The highest BCUT2D eigenvalue weighted by molar-refractivity contribution is 5.90. The summed E-state index contributed by atoms with van der Waals surface area (Å²) in [7, 11) is 1.60. The van der Waals surface area contributed by atoms with Crippen molar-refractivity contribution in [2.75, 3.05) is 12.8 Å². The van der Waals surface area contributed by atoms with E-state index < -0.39 is 5.60 Å². The number of hydrogen-bond acceptors (Lipinski definition) is 7. The van der Waals surface area contributed by atoms with E-state index in [9.17, 15) is 0 Å². The summed E-state index contributed by atoms with van der Waals surface area (Å²) < 4.78 is 10.6. The number of rotatable bonds is 3. The number of fused-ring (bicyclic) bond motifs is 1. The van der Waals surface area contributed by atoms with Gasteiger partial charge < -0.3 is 15.0 Å². The quantitative estimate of drug-likeness (QED) is 0.786. The molecule has 1 aromatic carbocycles. The lowest BCUT2D eigenvalue weighted by Crippen LogP contribution is -2.21. The van der Waals surface area contributed by atoms with Gasteiger partial charge in [-0.1, -0.05) is 5.16 Å². The zero-order valence-corrected chi connectivity index (χ0v) is 12.0. The molecule has 3 rings (SSSR count). The van der Waals surface area contributed by atoms with Crippen molar-refractivity contribution in [1.29, 1.82) is 0 Å². The summed E-state index contributed by atoms with van der Waals surface area (Å²) in [5.74, 6) is 1.34. The molecule has 2 N–H and O–H groups in total. The van der Waals surface area contributed by atoms with Gasteiger partial charge in [-0.15, -0.1) is 0 Å². The lowest BCUT2D eigenvalue weighted by atomic mass is 10.1. The van der Waals surface area contributed by atoms with Crippen molar-refractivity contribution in [3.8, 4) is 11.5 Å². The fourth-order valence-electron chi connectivity index (χ4n) is 1.89. The van der Waals surface area contributed by atoms with Crippen LogP contribution in [0.1, 0.15) is 19.7 Å². The van der Waals surface area contributed by atoms with Gasteiger partial charge >= 0.3 is 0 Å². The number of nitrogens with two attached hydrogens (primary N) is 1. The highest BCUT2D eigenvalue weighted by Crippen LogP contribution is 2.27. The topological polar surface area (TPSA) is 100.0 Å². The van der Waals surface area contributed by atoms with Crippen LogP contribution < -0.4 is 5.73 Å². The number of nitrogen functional groups attached to an aromatic ring is 1. The van der Waals surface area contributed by atoms with E-state index in [1.54, 1.807) is 7.11 Å². The van der Waals surface area contributed by atoms with E-state index in [1.165, 1.54) is 6.33 Å². The first-order valence-corrected chi connectivity index (χ1v) is 6.41. The maximum atomic E-state index is 5.81. The molecule has 0 atom stereocenters. The SMILES string of the molecule is COC(C)(C)c1noc(-c2ccc3c(N)ncnc3c2)n1. The van der Waals surface area contributed by atoms with E-state index in [2.05, 4.69) is 20.1 Å². The summed E-state index contributed by atoms with van der Waals surface area (Å²) in [6, 6.07) is 5.52. The molecule has 0 amide bonds. The molecule has 2 aromatic heterocycles. The second-order valence-electron chi connectivity index (χ2n) is 5.13. The predicted octanol–water partition coefficient (Wildman–Crippen LogP) is 2.14. The van der Waals surface area contributed by atoms with Crippen molar-refractivity contribution in [2.45, 2.75) is 19.4 Å². The van der Waals surface area contributed by atoms with E-state index >= 15 is 0 Å². The van der Waals surface area contributed by atoms with Gasteiger partial charge in [0.25, 0.3) is 5.89 Å². The Balaban J connectivity index is 2.05. The Morgan fingerprint density at radius 3 is 2.81 bits per heavy atom. The summed E-state index contributed by atoms with van der Waals surface area (Å²) in [5, 5.41) is 4.75. The first-order chi connectivity index (χ1) is 10.0. The molecule has 3 aromatic rings. The average molecular weight is 285 g/mol. The van der Waals surface area contributed by atoms with Gasteiger partial charge in [-0.3, -0.25) is 0 Å². The van der Waals surface area contributed by atoms with Crippen LogP contribution in [-0.2, 0) is 10.3 Å². The lowest BCUT2D eigenvalue weighted by molar-refractivity contribution is 0.00973. The summed E-state index contributed by atoms with van der Waals surface area (Å²) in [4.78, 5) is 12.5. The maximum Gasteiger partial charge on any atom is 0.258 e. The van der Waals surface area contributed by atoms with Crippen LogP contribution in [0.5, 0.6) is 0 Å². The molecule has 7 nitrogen and oxygen atoms in total. The number of methoxy groups -OCH3 is 1. The van der Waals surface area contributed by atoms with Gasteiger partial charge in [0.2, 0.25) is 5.82 Å². The molecule has 7 heteroatoms. The molecule has 0 aliphatic carbocycles. The van der Waals surface area contributed by atoms with E-state index in [1.807, 2.05) is 32.0 Å². The molecule has 0 saturated heterocycles. The smallest absolute Gasteiger partial charge is 0.258 e. The molecule has 2 heterocycles. The normalized spacial score (nSPS) is 12.0. The molecular weight excluding hydrogens is 270 g/mol. The molecule has 0 radical (unpaired) electrons. The standard InChI is InChI=1S/C14H15N5O2/c1-14(2,20-3)13-18-12(21-19-13)8-4-5-9-10(6-8)16-7-17-11(9)15/h4-7H,1-3H3,(H2,15,16,17). The minimum Gasteiger partial charge on any atom is -0.383 e. The van der Waals surface area contributed by atoms with Gasteiger partial charge in [-0.05, 0) is 32.0 Å². The highest BCUT2D eigenvalue weighted by atomic mass is 16.5. The molecule has 0 unspecified atom stereocenters. The minimum atomic E-state index is -0.606. The van der Waals surface area contributed by atoms with Crippen molar-refractivity contribution < 1.29 is 9.26 Å². The Morgan fingerprint density at radius 2 is 2.05 bits per heavy atom. The fraction of sp³-hybridized carbons (Fsp3) is 0.286. The van der Waals surface area contributed by atoms with Gasteiger partial charge in [-0.2, -0.15) is 4.98 Å². The van der Waals surface area contributed by atoms with E-state index in [0.29, 0.717) is 17.5 Å². The van der Waals surface area contributed by atoms with Crippen LogP contribution in [0, 0.1) is 0 Å². The zero-order valence-electron chi connectivity index (χ0n) is 12.0. The maximum absolute atomic E-state index is 5.81. The first kappa shape index (κ1) is 13.4. The Morgan fingerprint density at radius 1 is 1.24 bits per heavy atom. The van der Waals surface area contributed by atoms with Crippen LogP contribution in [0.2, 0.25) is 0 Å². The summed E-state index contributed by atoms with van der Waals surface area (Å²) in [6.45, 7) is 3.74. The molecule has 21 heavy (non-hydrogen) atoms. The summed E-state index contributed by atoms with van der Waals surface area (Å²) >= 11 is 0. The summed E-state index contributed by atoms with van der Waals surface area (Å²) in [6.07, 6.45) is 1.43. The Hall–Kier alpha value is -2.54. The Kier molecular flexibility index (Phi) is 3.06. The predicted molar refractivity (Wildman–Crippen MR) is 77.3 cm³/mol. The van der Waals surface area contributed by atoms with Crippen molar-refractivity contribution >= 4 is 16.7 Å². The molecule has 0 spiro atoms. The number of anilines is 1. The molecule has 108 valence electrons. The Bertz CT molecular complexity index is 797. The summed E-state index contributed by atoms with van der Waals surface area (Å²) in [5.41, 5.74) is 6.70. The third-order valence-corrected chi connectivity index (χ3v) is 3.39. The van der Waals surface area contributed by atoms with Crippen molar-refractivity contribution in [2.24, 2.45) is 0 Å². The molecule has 0 aliphatic heterocycles. The molecule has 0 aliphatic rings. The molecule has 0 bridgehead atoms. The fourth-order valence-corrected chi connectivity index (χ4v) is 1.89. The number of ether oxygens (including phenoxy) is 1. The number of hydrogen-bond donors (Lipinski definition) is 1. The van der Waals surface area contributed by atoms with E-state index in [0.717, 1.165) is 16.5 Å². The van der Waals surface area contributed by atoms with Gasteiger partial charge in [0.05, 0.1) is 5.52 Å². The first-order valence-electron chi connectivity index (χ1n) is 6.41. The second kappa shape index (κ2) is 4.78. The van der Waals surface area contributed by atoms with Crippen molar-refractivity contribution in [1.82, 2.24) is 20.1 Å². The number of benzene rings is 1. The third-order valence-electron chi connectivity index (χ3n) is 3.39. The van der Waals surface area contributed by atoms with E-state index in [4.69, 9.17) is 15.0 Å². The average Bonchev–Trinajstić information content (AvgIpc) is 2.98.